The lowest BCUT2D eigenvalue weighted by Gasteiger charge is -2.13. The van der Waals surface area contributed by atoms with Crippen molar-refractivity contribution in [1.82, 2.24) is 10.1 Å². The minimum Gasteiger partial charge on any atom is -0.488 e. The van der Waals surface area contributed by atoms with Crippen molar-refractivity contribution in [2.24, 2.45) is 0 Å². The second-order valence-electron chi connectivity index (χ2n) is 5.45. The highest BCUT2D eigenvalue weighted by molar-refractivity contribution is 5.93. The second kappa shape index (κ2) is 7.63. The van der Waals surface area contributed by atoms with Gasteiger partial charge in [-0.15, -0.1) is 0 Å². The fourth-order valence-electron chi connectivity index (χ4n) is 1.95. The molecule has 2 aromatic rings. The van der Waals surface area contributed by atoms with Crippen molar-refractivity contribution >= 4 is 11.9 Å². The summed E-state index contributed by atoms with van der Waals surface area (Å²) in [6, 6.07) is 6.71. The van der Waals surface area contributed by atoms with Gasteiger partial charge in [-0.05, 0) is 26.0 Å². The standard InChI is InChI=1S/C17H20N2O5/c1-11-14(12(2)24-18-11)9-22-15-8-6-5-7-13(15)17(21)23-10-16(20)19(3)4/h5-8H,9-10H2,1-4H3. The van der Waals surface area contributed by atoms with Gasteiger partial charge < -0.3 is 18.9 Å². The lowest BCUT2D eigenvalue weighted by atomic mass is 10.2. The van der Waals surface area contributed by atoms with E-state index in [9.17, 15) is 9.59 Å². The van der Waals surface area contributed by atoms with Crippen molar-refractivity contribution in [2.45, 2.75) is 20.5 Å². The van der Waals surface area contributed by atoms with E-state index in [0.717, 1.165) is 11.3 Å². The molecule has 0 aliphatic carbocycles. The van der Waals surface area contributed by atoms with Crippen LogP contribution in [-0.4, -0.2) is 42.6 Å². The Balaban J connectivity index is 2.07. The van der Waals surface area contributed by atoms with Crippen LogP contribution >= 0.6 is 0 Å². The highest BCUT2D eigenvalue weighted by Crippen LogP contribution is 2.22. The molecule has 7 heteroatoms. The summed E-state index contributed by atoms with van der Waals surface area (Å²) in [5.41, 5.74) is 1.83. The number of aromatic nitrogens is 1. The molecule has 0 atom stereocenters. The summed E-state index contributed by atoms with van der Waals surface area (Å²) < 4.78 is 15.8. The van der Waals surface area contributed by atoms with Gasteiger partial charge in [0, 0.05) is 14.1 Å². The Labute approximate surface area is 140 Å². The Bertz CT molecular complexity index is 717. The van der Waals surface area contributed by atoms with Crippen molar-refractivity contribution in [1.29, 1.82) is 0 Å². The summed E-state index contributed by atoms with van der Waals surface area (Å²) in [4.78, 5) is 25.1. The molecule has 0 aliphatic rings. The molecule has 0 saturated carbocycles. The molecule has 0 saturated heterocycles. The highest BCUT2D eigenvalue weighted by Gasteiger charge is 2.17. The van der Waals surface area contributed by atoms with Crippen LogP contribution in [0, 0.1) is 13.8 Å². The van der Waals surface area contributed by atoms with Gasteiger partial charge in [0.1, 0.15) is 23.7 Å². The topological polar surface area (TPSA) is 81.9 Å². The normalized spacial score (nSPS) is 10.3. The molecule has 24 heavy (non-hydrogen) atoms. The van der Waals surface area contributed by atoms with E-state index in [4.69, 9.17) is 14.0 Å². The first-order valence-electron chi connectivity index (χ1n) is 7.41. The number of likely N-dealkylation sites (N-methyl/N-ethyl adjacent to an activating group) is 1. The summed E-state index contributed by atoms with van der Waals surface area (Å²) in [5, 5.41) is 3.86. The molecule has 0 unspecified atom stereocenters. The molecule has 1 aromatic heterocycles. The van der Waals surface area contributed by atoms with E-state index in [2.05, 4.69) is 5.16 Å². The number of ether oxygens (including phenoxy) is 2. The van der Waals surface area contributed by atoms with Gasteiger partial charge >= 0.3 is 5.97 Å². The Hall–Kier alpha value is -2.83. The van der Waals surface area contributed by atoms with E-state index in [-0.39, 0.29) is 24.7 Å². The average molecular weight is 332 g/mol. The zero-order valence-corrected chi connectivity index (χ0v) is 14.2. The minimum absolute atomic E-state index is 0.224. The number of hydrogen-bond acceptors (Lipinski definition) is 6. The molecule has 0 fully saturated rings. The molecule has 0 spiro atoms. The fourth-order valence-corrected chi connectivity index (χ4v) is 1.95. The Morgan fingerprint density at radius 1 is 1.21 bits per heavy atom. The second-order valence-corrected chi connectivity index (χ2v) is 5.45. The van der Waals surface area contributed by atoms with Gasteiger partial charge in [0.25, 0.3) is 5.91 Å². The van der Waals surface area contributed by atoms with E-state index in [1.807, 2.05) is 6.92 Å². The van der Waals surface area contributed by atoms with Crippen molar-refractivity contribution in [3.05, 3.63) is 46.8 Å². The summed E-state index contributed by atoms with van der Waals surface area (Å²) >= 11 is 0. The molecular formula is C17H20N2O5. The number of hydrogen-bond donors (Lipinski definition) is 0. The minimum atomic E-state index is -0.612. The smallest absolute Gasteiger partial charge is 0.342 e. The van der Waals surface area contributed by atoms with Crippen LogP contribution < -0.4 is 4.74 Å². The molecule has 0 aliphatic heterocycles. The predicted molar refractivity (Wildman–Crippen MR) is 85.7 cm³/mol. The van der Waals surface area contributed by atoms with E-state index in [1.165, 1.54) is 4.90 Å². The zero-order valence-electron chi connectivity index (χ0n) is 14.2. The van der Waals surface area contributed by atoms with Crippen molar-refractivity contribution in [3.63, 3.8) is 0 Å². The van der Waals surface area contributed by atoms with Crippen LogP contribution in [0.15, 0.2) is 28.8 Å². The number of carbonyl (C=O) groups excluding carboxylic acids is 2. The number of nitrogens with zero attached hydrogens (tertiary/aromatic N) is 2. The molecule has 0 N–H and O–H groups in total. The molecule has 1 amide bonds. The van der Waals surface area contributed by atoms with Crippen molar-refractivity contribution in [3.8, 4) is 5.75 Å². The third kappa shape index (κ3) is 4.13. The summed E-state index contributed by atoms with van der Waals surface area (Å²) in [5.74, 6) is 0.140. The van der Waals surface area contributed by atoms with Crippen molar-refractivity contribution in [2.75, 3.05) is 20.7 Å². The van der Waals surface area contributed by atoms with Crippen LogP contribution in [0.4, 0.5) is 0 Å². The molecule has 2 rings (SSSR count). The summed E-state index contributed by atoms with van der Waals surface area (Å²) in [6.45, 7) is 3.53. The number of amides is 1. The van der Waals surface area contributed by atoms with Crippen LogP contribution in [0.3, 0.4) is 0 Å². The molecule has 1 aromatic carbocycles. The number of aryl methyl sites for hydroxylation is 2. The van der Waals surface area contributed by atoms with Gasteiger partial charge in [0.15, 0.2) is 6.61 Å². The van der Waals surface area contributed by atoms with Crippen LogP contribution in [0.1, 0.15) is 27.4 Å². The average Bonchev–Trinajstić information content (AvgIpc) is 2.88. The van der Waals surface area contributed by atoms with Gasteiger partial charge in [0.2, 0.25) is 0 Å². The first-order valence-corrected chi connectivity index (χ1v) is 7.41. The third-order valence-corrected chi connectivity index (χ3v) is 3.49. The molecular weight excluding hydrogens is 312 g/mol. The fraction of sp³-hybridized carbons (Fsp3) is 0.353. The molecule has 0 bridgehead atoms. The van der Waals surface area contributed by atoms with Crippen LogP contribution in [0.5, 0.6) is 5.75 Å². The first-order chi connectivity index (χ1) is 11.4. The zero-order chi connectivity index (χ0) is 17.7. The maximum atomic E-state index is 12.2. The quantitative estimate of drug-likeness (QED) is 0.754. The van der Waals surface area contributed by atoms with Gasteiger partial charge in [-0.1, -0.05) is 17.3 Å². The SMILES string of the molecule is Cc1noc(C)c1COc1ccccc1C(=O)OCC(=O)N(C)C. The first kappa shape index (κ1) is 17.5. The number of para-hydroxylation sites is 1. The number of esters is 1. The van der Waals surface area contributed by atoms with Gasteiger partial charge in [0.05, 0.1) is 11.3 Å². The van der Waals surface area contributed by atoms with Gasteiger partial charge in [-0.25, -0.2) is 4.79 Å². The molecule has 7 nitrogen and oxygen atoms in total. The van der Waals surface area contributed by atoms with E-state index < -0.39 is 5.97 Å². The van der Waals surface area contributed by atoms with E-state index in [1.54, 1.807) is 45.3 Å². The van der Waals surface area contributed by atoms with E-state index in [0.29, 0.717) is 11.5 Å². The maximum Gasteiger partial charge on any atom is 0.342 e. The summed E-state index contributed by atoms with van der Waals surface area (Å²) in [7, 11) is 3.19. The monoisotopic (exact) mass is 332 g/mol. The molecule has 0 radical (unpaired) electrons. The van der Waals surface area contributed by atoms with Crippen molar-refractivity contribution < 1.29 is 23.6 Å². The maximum absolute atomic E-state index is 12.2. The van der Waals surface area contributed by atoms with Gasteiger partial charge in [-0.2, -0.15) is 0 Å². The lowest BCUT2D eigenvalue weighted by Crippen LogP contribution is -2.27. The Morgan fingerprint density at radius 3 is 2.54 bits per heavy atom. The van der Waals surface area contributed by atoms with Gasteiger partial charge in [-0.3, -0.25) is 4.79 Å². The predicted octanol–water partition coefficient (Wildman–Crippen LogP) is 2.12. The molecule has 128 valence electrons. The highest BCUT2D eigenvalue weighted by atomic mass is 16.5. The third-order valence-electron chi connectivity index (χ3n) is 3.49. The van der Waals surface area contributed by atoms with E-state index >= 15 is 0 Å². The summed E-state index contributed by atoms with van der Waals surface area (Å²) in [6.07, 6.45) is 0. The van der Waals surface area contributed by atoms with Crippen LogP contribution in [0.2, 0.25) is 0 Å². The number of rotatable bonds is 6. The number of carbonyl (C=O) groups is 2. The number of benzene rings is 1. The van der Waals surface area contributed by atoms with Crippen LogP contribution in [-0.2, 0) is 16.1 Å². The molecule has 1 heterocycles. The largest absolute Gasteiger partial charge is 0.488 e. The Morgan fingerprint density at radius 2 is 1.92 bits per heavy atom. The Kier molecular flexibility index (Phi) is 5.57. The lowest BCUT2D eigenvalue weighted by molar-refractivity contribution is -0.131. The van der Waals surface area contributed by atoms with Crippen LogP contribution in [0.25, 0.3) is 0 Å².